The molecule has 0 unspecified atom stereocenters. The van der Waals surface area contributed by atoms with Gasteiger partial charge in [0, 0.05) is 10.6 Å². The Bertz CT molecular complexity index is 647. The van der Waals surface area contributed by atoms with Crippen LogP contribution in [0.2, 0.25) is 5.02 Å². The Morgan fingerprint density at radius 3 is 2.76 bits per heavy atom. The fraction of sp³-hybridized carbons (Fsp3) is 0.0667. The summed E-state index contributed by atoms with van der Waals surface area (Å²) in [5, 5.41) is 4.61. The van der Waals surface area contributed by atoms with Gasteiger partial charge in [-0.15, -0.1) is 0 Å². The van der Waals surface area contributed by atoms with Crippen LogP contribution in [0.4, 0.5) is 0 Å². The lowest BCUT2D eigenvalue weighted by molar-refractivity contribution is 0.306. The SMILES string of the molecule is NC(=S)N/N=C\c1cc(Cl)ccc1OCc1ccccc1. The number of hydrazone groups is 1. The van der Waals surface area contributed by atoms with Gasteiger partial charge >= 0.3 is 0 Å². The van der Waals surface area contributed by atoms with Crippen LogP contribution < -0.4 is 15.9 Å². The second-order valence-electron chi connectivity index (χ2n) is 4.19. The minimum Gasteiger partial charge on any atom is -0.488 e. The molecule has 21 heavy (non-hydrogen) atoms. The van der Waals surface area contributed by atoms with E-state index in [-0.39, 0.29) is 5.11 Å². The Hall–Kier alpha value is -2.11. The Balaban J connectivity index is 2.11. The molecule has 0 saturated heterocycles. The molecule has 3 N–H and O–H groups in total. The fourth-order valence-electron chi connectivity index (χ4n) is 1.65. The minimum absolute atomic E-state index is 0.0973. The van der Waals surface area contributed by atoms with Gasteiger partial charge in [-0.2, -0.15) is 5.10 Å². The number of nitrogens with zero attached hydrogens (tertiary/aromatic N) is 1. The lowest BCUT2D eigenvalue weighted by atomic mass is 10.2. The van der Waals surface area contributed by atoms with Crippen molar-refractivity contribution in [1.29, 1.82) is 0 Å². The molecule has 4 nitrogen and oxygen atoms in total. The summed E-state index contributed by atoms with van der Waals surface area (Å²) in [5.74, 6) is 0.678. The molecule has 0 aliphatic rings. The van der Waals surface area contributed by atoms with E-state index in [1.807, 2.05) is 30.3 Å². The first-order chi connectivity index (χ1) is 10.1. The highest BCUT2D eigenvalue weighted by molar-refractivity contribution is 7.80. The predicted molar refractivity (Wildman–Crippen MR) is 89.7 cm³/mol. The van der Waals surface area contributed by atoms with Gasteiger partial charge in [-0.05, 0) is 36.0 Å². The van der Waals surface area contributed by atoms with Crippen molar-refractivity contribution >= 4 is 35.1 Å². The largest absolute Gasteiger partial charge is 0.488 e. The zero-order chi connectivity index (χ0) is 15.1. The van der Waals surface area contributed by atoms with Gasteiger partial charge in [0.15, 0.2) is 5.11 Å². The fourth-order valence-corrected chi connectivity index (χ4v) is 1.89. The van der Waals surface area contributed by atoms with Crippen molar-refractivity contribution in [2.75, 3.05) is 0 Å². The summed E-state index contributed by atoms with van der Waals surface area (Å²) in [6.45, 7) is 0.464. The zero-order valence-electron chi connectivity index (χ0n) is 11.1. The second kappa shape index (κ2) is 7.61. The first-order valence-corrected chi connectivity index (χ1v) is 6.98. The molecule has 108 valence electrons. The van der Waals surface area contributed by atoms with Crippen molar-refractivity contribution < 1.29 is 4.74 Å². The number of ether oxygens (including phenoxy) is 1. The van der Waals surface area contributed by atoms with Crippen molar-refractivity contribution in [3.8, 4) is 5.75 Å². The Labute approximate surface area is 133 Å². The lowest BCUT2D eigenvalue weighted by Gasteiger charge is -2.09. The van der Waals surface area contributed by atoms with Crippen LogP contribution in [0.3, 0.4) is 0 Å². The summed E-state index contributed by atoms with van der Waals surface area (Å²) >= 11 is 10.7. The lowest BCUT2D eigenvalue weighted by Crippen LogP contribution is -2.24. The zero-order valence-corrected chi connectivity index (χ0v) is 12.7. The third-order valence-corrected chi connectivity index (χ3v) is 2.91. The van der Waals surface area contributed by atoms with Crippen LogP contribution in [-0.4, -0.2) is 11.3 Å². The number of thiocarbonyl (C=S) groups is 1. The molecule has 0 atom stereocenters. The van der Waals surface area contributed by atoms with E-state index in [4.69, 9.17) is 22.1 Å². The highest BCUT2D eigenvalue weighted by Gasteiger charge is 2.03. The molecule has 0 heterocycles. The number of rotatable bonds is 5. The number of benzene rings is 2. The standard InChI is InChI=1S/C15H14ClN3OS/c16-13-6-7-14(12(8-13)9-18-19-15(17)21)20-10-11-4-2-1-3-5-11/h1-9H,10H2,(H3,17,19,21)/b18-9-. The normalized spacial score (nSPS) is 10.5. The van der Waals surface area contributed by atoms with Crippen molar-refractivity contribution in [3.63, 3.8) is 0 Å². The van der Waals surface area contributed by atoms with Crippen molar-refractivity contribution in [2.45, 2.75) is 6.61 Å². The van der Waals surface area contributed by atoms with E-state index in [1.165, 1.54) is 0 Å². The summed E-state index contributed by atoms with van der Waals surface area (Å²) in [6.07, 6.45) is 1.56. The molecular weight excluding hydrogens is 306 g/mol. The molecule has 0 radical (unpaired) electrons. The molecule has 0 spiro atoms. The summed E-state index contributed by atoms with van der Waals surface area (Å²) in [7, 11) is 0. The van der Waals surface area contributed by atoms with Crippen LogP contribution in [0, 0.1) is 0 Å². The average molecular weight is 320 g/mol. The molecular formula is C15H14ClN3OS. The quantitative estimate of drug-likeness (QED) is 0.505. The number of hydrogen-bond acceptors (Lipinski definition) is 3. The highest BCUT2D eigenvalue weighted by Crippen LogP contribution is 2.22. The predicted octanol–water partition coefficient (Wildman–Crippen LogP) is 3.09. The highest BCUT2D eigenvalue weighted by atomic mass is 35.5. The maximum atomic E-state index is 5.99. The molecule has 0 aliphatic carbocycles. The van der Waals surface area contributed by atoms with Gasteiger partial charge in [0.2, 0.25) is 0 Å². The molecule has 2 aromatic carbocycles. The number of nitrogens with one attached hydrogen (secondary N) is 1. The molecule has 0 amide bonds. The molecule has 0 saturated carbocycles. The molecule has 0 aliphatic heterocycles. The van der Waals surface area contributed by atoms with E-state index in [2.05, 4.69) is 22.7 Å². The minimum atomic E-state index is 0.0973. The van der Waals surface area contributed by atoms with Gasteiger partial charge < -0.3 is 10.5 Å². The van der Waals surface area contributed by atoms with Gasteiger partial charge in [-0.3, -0.25) is 5.43 Å². The maximum Gasteiger partial charge on any atom is 0.184 e. The van der Waals surface area contributed by atoms with Crippen LogP contribution in [0.1, 0.15) is 11.1 Å². The van der Waals surface area contributed by atoms with E-state index < -0.39 is 0 Å². The van der Waals surface area contributed by atoms with Crippen molar-refractivity contribution in [1.82, 2.24) is 5.43 Å². The van der Waals surface area contributed by atoms with Crippen molar-refractivity contribution in [2.24, 2.45) is 10.8 Å². The molecule has 0 aromatic heterocycles. The first kappa shape index (κ1) is 15.3. The number of nitrogens with two attached hydrogens (primary N) is 1. The molecule has 2 aromatic rings. The van der Waals surface area contributed by atoms with Crippen LogP contribution in [0.25, 0.3) is 0 Å². The third-order valence-electron chi connectivity index (χ3n) is 2.59. The molecule has 0 fully saturated rings. The molecule has 0 bridgehead atoms. The monoisotopic (exact) mass is 319 g/mol. The van der Waals surface area contributed by atoms with Gasteiger partial charge in [-0.1, -0.05) is 41.9 Å². The summed E-state index contributed by atoms with van der Waals surface area (Å²) in [5.41, 5.74) is 9.62. The summed E-state index contributed by atoms with van der Waals surface area (Å²) in [6, 6.07) is 15.2. The first-order valence-electron chi connectivity index (χ1n) is 6.20. The van der Waals surface area contributed by atoms with Crippen LogP contribution in [0.15, 0.2) is 53.6 Å². The molecule has 6 heteroatoms. The van der Waals surface area contributed by atoms with Gasteiger partial charge in [0.1, 0.15) is 12.4 Å². The Morgan fingerprint density at radius 2 is 2.05 bits per heavy atom. The van der Waals surface area contributed by atoms with E-state index >= 15 is 0 Å². The topological polar surface area (TPSA) is 59.6 Å². The van der Waals surface area contributed by atoms with Crippen LogP contribution in [-0.2, 0) is 6.61 Å². The smallest absolute Gasteiger partial charge is 0.184 e. The van der Waals surface area contributed by atoms with Gasteiger partial charge in [-0.25, -0.2) is 0 Å². The second-order valence-corrected chi connectivity index (χ2v) is 5.07. The van der Waals surface area contributed by atoms with Gasteiger partial charge in [0.25, 0.3) is 0 Å². The van der Waals surface area contributed by atoms with Crippen molar-refractivity contribution in [3.05, 3.63) is 64.7 Å². The van der Waals surface area contributed by atoms with Gasteiger partial charge in [0.05, 0.1) is 6.21 Å². The summed E-state index contributed by atoms with van der Waals surface area (Å²) in [4.78, 5) is 0. The molecule has 2 rings (SSSR count). The van der Waals surface area contributed by atoms with E-state index in [9.17, 15) is 0 Å². The average Bonchev–Trinajstić information content (AvgIpc) is 2.47. The third kappa shape index (κ3) is 5.06. The van der Waals surface area contributed by atoms with E-state index in [1.54, 1.807) is 24.4 Å². The maximum absolute atomic E-state index is 5.99. The van der Waals surface area contributed by atoms with E-state index in [0.29, 0.717) is 17.4 Å². The van der Waals surface area contributed by atoms with Crippen LogP contribution >= 0.6 is 23.8 Å². The van der Waals surface area contributed by atoms with Crippen LogP contribution in [0.5, 0.6) is 5.75 Å². The summed E-state index contributed by atoms with van der Waals surface area (Å²) < 4.78 is 5.79. The van der Waals surface area contributed by atoms with E-state index in [0.717, 1.165) is 11.1 Å². The number of hydrogen-bond donors (Lipinski definition) is 2. The Morgan fingerprint density at radius 1 is 1.29 bits per heavy atom. The Kier molecular flexibility index (Phi) is 5.54. The number of halogens is 1.